The Bertz CT molecular complexity index is 410. The summed E-state index contributed by atoms with van der Waals surface area (Å²) >= 11 is 0. The summed E-state index contributed by atoms with van der Waals surface area (Å²) in [5.74, 6) is 0.750. The third kappa shape index (κ3) is 3.26. The van der Waals surface area contributed by atoms with Gasteiger partial charge in [0.05, 0.1) is 13.2 Å². The molecule has 1 aromatic rings. The Balaban J connectivity index is 2.01. The number of likely N-dealkylation sites (N-methyl/N-ethyl adjacent to an activating group) is 1. The van der Waals surface area contributed by atoms with Crippen molar-refractivity contribution in [3.05, 3.63) is 29.8 Å². The zero-order chi connectivity index (χ0) is 13.7. The largest absolute Gasteiger partial charge is 0.490 e. The maximum Gasteiger partial charge on any atom is 0.125 e. The lowest BCUT2D eigenvalue weighted by Gasteiger charge is -2.28. The number of rotatable bonds is 6. The van der Waals surface area contributed by atoms with E-state index in [1.807, 2.05) is 31.2 Å². The number of hydrogen-bond donors (Lipinski definition) is 3. The first-order valence-electron chi connectivity index (χ1n) is 6.94. The minimum atomic E-state index is -0.201. The molecule has 4 heteroatoms. The van der Waals surface area contributed by atoms with E-state index in [9.17, 15) is 10.2 Å². The van der Waals surface area contributed by atoms with Crippen molar-refractivity contribution in [1.29, 1.82) is 0 Å². The second-order valence-electron chi connectivity index (χ2n) is 5.22. The minimum Gasteiger partial charge on any atom is -0.490 e. The molecule has 1 aliphatic carbocycles. The molecule has 4 nitrogen and oxygen atoms in total. The van der Waals surface area contributed by atoms with Gasteiger partial charge < -0.3 is 20.3 Å². The van der Waals surface area contributed by atoms with Gasteiger partial charge in [0.2, 0.25) is 0 Å². The predicted octanol–water partition coefficient (Wildman–Crippen LogP) is 1.45. The first kappa shape index (κ1) is 14.3. The number of benzene rings is 1. The summed E-state index contributed by atoms with van der Waals surface area (Å²) in [7, 11) is 0. The van der Waals surface area contributed by atoms with Crippen LogP contribution < -0.4 is 10.1 Å². The number of hydrogen-bond acceptors (Lipinski definition) is 4. The van der Waals surface area contributed by atoms with Gasteiger partial charge in [0.1, 0.15) is 11.9 Å². The molecule has 19 heavy (non-hydrogen) atoms. The lowest BCUT2D eigenvalue weighted by Crippen LogP contribution is -2.46. The van der Waals surface area contributed by atoms with Gasteiger partial charge >= 0.3 is 0 Å². The van der Waals surface area contributed by atoms with Gasteiger partial charge in [-0.3, -0.25) is 0 Å². The van der Waals surface area contributed by atoms with Crippen molar-refractivity contribution in [2.75, 3.05) is 13.2 Å². The molecule has 0 aromatic heterocycles. The van der Waals surface area contributed by atoms with Crippen molar-refractivity contribution in [2.45, 2.75) is 44.4 Å². The maximum absolute atomic E-state index is 9.57. The van der Waals surface area contributed by atoms with Crippen molar-refractivity contribution >= 4 is 0 Å². The first-order valence-corrected chi connectivity index (χ1v) is 6.94. The van der Waals surface area contributed by atoms with Crippen LogP contribution in [-0.2, 0) is 6.61 Å². The van der Waals surface area contributed by atoms with Crippen LogP contribution in [0.3, 0.4) is 0 Å². The van der Waals surface area contributed by atoms with Crippen LogP contribution in [0.15, 0.2) is 24.3 Å². The lowest BCUT2D eigenvalue weighted by molar-refractivity contribution is 0.140. The Morgan fingerprint density at radius 3 is 2.84 bits per heavy atom. The Morgan fingerprint density at radius 1 is 1.37 bits per heavy atom. The van der Waals surface area contributed by atoms with Gasteiger partial charge in [-0.15, -0.1) is 0 Å². The fourth-order valence-electron chi connectivity index (χ4n) is 2.84. The number of aliphatic hydroxyl groups excluding tert-OH is 2. The average molecular weight is 265 g/mol. The zero-order valence-electron chi connectivity index (χ0n) is 11.4. The highest BCUT2D eigenvalue weighted by Crippen LogP contribution is 2.33. The molecule has 0 bridgehead atoms. The Kier molecular flexibility index (Phi) is 4.80. The van der Waals surface area contributed by atoms with Crippen LogP contribution >= 0.6 is 0 Å². The van der Waals surface area contributed by atoms with Crippen LogP contribution in [0.4, 0.5) is 0 Å². The summed E-state index contributed by atoms with van der Waals surface area (Å²) in [6, 6.07) is 7.56. The molecule has 0 aliphatic heterocycles. The molecule has 0 amide bonds. The summed E-state index contributed by atoms with van der Waals surface area (Å²) in [5.41, 5.74) is 0.612. The summed E-state index contributed by atoms with van der Waals surface area (Å²) in [5, 5.41) is 22.2. The van der Waals surface area contributed by atoms with Gasteiger partial charge in [0, 0.05) is 17.5 Å². The van der Waals surface area contributed by atoms with E-state index >= 15 is 0 Å². The Morgan fingerprint density at radius 2 is 2.16 bits per heavy atom. The van der Waals surface area contributed by atoms with E-state index < -0.39 is 0 Å². The van der Waals surface area contributed by atoms with E-state index in [0.717, 1.165) is 37.1 Å². The molecule has 2 unspecified atom stereocenters. The van der Waals surface area contributed by atoms with Gasteiger partial charge in [0.25, 0.3) is 0 Å². The monoisotopic (exact) mass is 265 g/mol. The van der Waals surface area contributed by atoms with Gasteiger partial charge in [0.15, 0.2) is 0 Å². The first-order chi connectivity index (χ1) is 9.23. The fraction of sp³-hybridized carbons (Fsp3) is 0.600. The van der Waals surface area contributed by atoms with Crippen LogP contribution in [0.1, 0.15) is 31.7 Å². The van der Waals surface area contributed by atoms with Crippen molar-refractivity contribution < 1.29 is 14.9 Å². The van der Waals surface area contributed by atoms with Gasteiger partial charge in [-0.2, -0.15) is 0 Å². The quantitative estimate of drug-likeness (QED) is 0.728. The molecule has 1 saturated carbocycles. The van der Waals surface area contributed by atoms with E-state index in [0.29, 0.717) is 0 Å². The second kappa shape index (κ2) is 6.37. The molecule has 2 atom stereocenters. The molecule has 0 radical (unpaired) electrons. The lowest BCUT2D eigenvalue weighted by atomic mass is 9.99. The third-order valence-corrected chi connectivity index (χ3v) is 3.85. The zero-order valence-corrected chi connectivity index (χ0v) is 11.4. The molecule has 2 rings (SSSR count). The molecule has 3 N–H and O–H groups in total. The molecule has 0 heterocycles. The van der Waals surface area contributed by atoms with Gasteiger partial charge in [-0.25, -0.2) is 0 Å². The SMILES string of the molecule is CCNC1(CO)CCC(Oc2ccccc2CO)C1. The molecular weight excluding hydrogens is 242 g/mol. The highest BCUT2D eigenvalue weighted by Gasteiger charge is 2.39. The molecule has 106 valence electrons. The number of para-hydroxylation sites is 1. The second-order valence-corrected chi connectivity index (χ2v) is 5.22. The van der Waals surface area contributed by atoms with Crippen LogP contribution in [0, 0.1) is 0 Å². The van der Waals surface area contributed by atoms with Gasteiger partial charge in [-0.05, 0) is 25.5 Å². The number of nitrogens with one attached hydrogen (secondary N) is 1. The van der Waals surface area contributed by atoms with Crippen LogP contribution in [-0.4, -0.2) is 35.0 Å². The number of aliphatic hydroxyl groups is 2. The highest BCUT2D eigenvalue weighted by molar-refractivity contribution is 5.33. The highest BCUT2D eigenvalue weighted by atomic mass is 16.5. The normalized spacial score (nSPS) is 26.6. The topological polar surface area (TPSA) is 61.7 Å². The molecule has 1 aromatic carbocycles. The minimum absolute atomic E-state index is 0.0127. The van der Waals surface area contributed by atoms with E-state index in [-0.39, 0.29) is 24.9 Å². The Labute approximate surface area is 114 Å². The fourth-order valence-corrected chi connectivity index (χ4v) is 2.84. The van der Waals surface area contributed by atoms with Crippen molar-refractivity contribution in [1.82, 2.24) is 5.32 Å². The summed E-state index contributed by atoms with van der Waals surface area (Å²) in [6.07, 6.45) is 2.74. The Hall–Kier alpha value is -1.10. The van der Waals surface area contributed by atoms with Crippen LogP contribution in [0.2, 0.25) is 0 Å². The predicted molar refractivity (Wildman–Crippen MR) is 74.1 cm³/mol. The average Bonchev–Trinajstić information content (AvgIpc) is 2.84. The van der Waals surface area contributed by atoms with Gasteiger partial charge in [-0.1, -0.05) is 25.1 Å². The van der Waals surface area contributed by atoms with Crippen molar-refractivity contribution in [3.8, 4) is 5.75 Å². The molecular formula is C15H23NO3. The number of ether oxygens (including phenoxy) is 1. The van der Waals surface area contributed by atoms with E-state index in [4.69, 9.17) is 4.74 Å². The molecule has 1 aliphatic rings. The van der Waals surface area contributed by atoms with Crippen molar-refractivity contribution in [3.63, 3.8) is 0 Å². The molecule has 1 fully saturated rings. The third-order valence-electron chi connectivity index (χ3n) is 3.85. The summed E-state index contributed by atoms with van der Waals surface area (Å²) in [6.45, 7) is 3.02. The summed E-state index contributed by atoms with van der Waals surface area (Å²) < 4.78 is 5.99. The summed E-state index contributed by atoms with van der Waals surface area (Å²) in [4.78, 5) is 0. The van der Waals surface area contributed by atoms with E-state index in [2.05, 4.69) is 5.32 Å². The van der Waals surface area contributed by atoms with E-state index in [1.165, 1.54) is 0 Å². The smallest absolute Gasteiger partial charge is 0.125 e. The molecule has 0 saturated heterocycles. The standard InChI is InChI=1S/C15H23NO3/c1-2-16-15(11-18)8-7-13(9-15)19-14-6-4-3-5-12(14)10-17/h3-6,13,16-18H,2,7-11H2,1H3. The van der Waals surface area contributed by atoms with Crippen molar-refractivity contribution in [2.24, 2.45) is 0 Å². The van der Waals surface area contributed by atoms with Crippen LogP contribution in [0.5, 0.6) is 5.75 Å². The van der Waals surface area contributed by atoms with E-state index in [1.54, 1.807) is 0 Å². The van der Waals surface area contributed by atoms with Crippen LogP contribution in [0.25, 0.3) is 0 Å². The maximum atomic E-state index is 9.57. The molecule has 0 spiro atoms.